The van der Waals surface area contributed by atoms with Crippen LogP contribution < -0.4 is 4.74 Å². The van der Waals surface area contributed by atoms with Crippen LogP contribution in [0.1, 0.15) is 15.2 Å². The lowest BCUT2D eigenvalue weighted by Gasteiger charge is -2.01. The van der Waals surface area contributed by atoms with E-state index in [1.54, 1.807) is 43.5 Å². The predicted octanol–water partition coefficient (Wildman–Crippen LogP) is 4.28. The average molecular weight is 286 g/mol. The lowest BCUT2D eigenvalue weighted by atomic mass is 10.1. The predicted molar refractivity (Wildman–Crippen MR) is 78.2 cm³/mol. The van der Waals surface area contributed by atoms with Gasteiger partial charge in [0.1, 0.15) is 11.6 Å². The molecule has 100 valence electrons. The fraction of sp³-hybridized carbons (Fsp3) is 0.0625. The van der Waals surface area contributed by atoms with Crippen molar-refractivity contribution in [3.8, 4) is 5.75 Å². The Balaban J connectivity index is 1.98. The van der Waals surface area contributed by atoms with Crippen LogP contribution in [0.4, 0.5) is 4.39 Å². The Kier molecular flexibility index (Phi) is 3.24. The van der Waals surface area contributed by atoms with E-state index in [1.165, 1.54) is 23.5 Å². The molecule has 3 aromatic rings. The third-order valence-electron chi connectivity index (χ3n) is 3.06. The van der Waals surface area contributed by atoms with E-state index in [0.717, 1.165) is 10.1 Å². The molecular weight excluding hydrogens is 275 g/mol. The van der Waals surface area contributed by atoms with Crippen LogP contribution in [-0.4, -0.2) is 12.9 Å². The van der Waals surface area contributed by atoms with Crippen LogP contribution in [0.5, 0.6) is 5.75 Å². The topological polar surface area (TPSA) is 26.3 Å². The molecule has 0 saturated carbocycles. The average Bonchev–Trinajstić information content (AvgIpc) is 2.89. The zero-order valence-electron chi connectivity index (χ0n) is 10.7. The van der Waals surface area contributed by atoms with E-state index >= 15 is 0 Å². The molecule has 1 heterocycles. The zero-order valence-corrected chi connectivity index (χ0v) is 11.5. The lowest BCUT2D eigenvalue weighted by molar-refractivity contribution is 0.104. The van der Waals surface area contributed by atoms with Crippen molar-refractivity contribution < 1.29 is 13.9 Å². The Morgan fingerprint density at radius 2 is 1.85 bits per heavy atom. The van der Waals surface area contributed by atoms with Gasteiger partial charge in [0.25, 0.3) is 0 Å². The molecule has 0 bridgehead atoms. The molecule has 0 N–H and O–H groups in total. The third kappa shape index (κ3) is 2.30. The number of ketones is 1. The van der Waals surface area contributed by atoms with Crippen molar-refractivity contribution >= 4 is 27.2 Å². The van der Waals surface area contributed by atoms with Crippen LogP contribution in [0.2, 0.25) is 0 Å². The fourth-order valence-corrected chi connectivity index (χ4v) is 3.05. The third-order valence-corrected chi connectivity index (χ3v) is 4.15. The van der Waals surface area contributed by atoms with Crippen LogP contribution in [0.25, 0.3) is 10.1 Å². The maximum absolute atomic E-state index is 13.2. The van der Waals surface area contributed by atoms with E-state index in [1.807, 2.05) is 0 Å². The molecule has 1 aromatic heterocycles. The number of ether oxygens (including phenoxy) is 1. The molecule has 20 heavy (non-hydrogen) atoms. The van der Waals surface area contributed by atoms with E-state index in [-0.39, 0.29) is 11.6 Å². The van der Waals surface area contributed by atoms with Gasteiger partial charge >= 0.3 is 0 Å². The molecule has 0 spiro atoms. The first kappa shape index (κ1) is 12.8. The first-order valence-electron chi connectivity index (χ1n) is 6.05. The van der Waals surface area contributed by atoms with Crippen molar-refractivity contribution in [2.45, 2.75) is 0 Å². The maximum Gasteiger partial charge on any atom is 0.202 e. The minimum absolute atomic E-state index is 0.0609. The first-order chi connectivity index (χ1) is 9.67. The summed E-state index contributed by atoms with van der Waals surface area (Å²) in [5, 5.41) is 0.883. The van der Waals surface area contributed by atoms with E-state index < -0.39 is 0 Å². The van der Waals surface area contributed by atoms with Crippen LogP contribution in [-0.2, 0) is 0 Å². The van der Waals surface area contributed by atoms with Gasteiger partial charge in [0.15, 0.2) is 0 Å². The molecule has 3 rings (SSSR count). The van der Waals surface area contributed by atoms with E-state index in [2.05, 4.69) is 0 Å². The van der Waals surface area contributed by atoms with Gasteiger partial charge in [0.05, 0.1) is 12.0 Å². The lowest BCUT2D eigenvalue weighted by Crippen LogP contribution is -1.98. The molecule has 0 saturated heterocycles. The van der Waals surface area contributed by atoms with Crippen LogP contribution >= 0.6 is 11.3 Å². The van der Waals surface area contributed by atoms with Gasteiger partial charge < -0.3 is 4.74 Å². The molecular formula is C16H11FO2S. The SMILES string of the molecule is COc1ccc(C(=O)c2cc3ccc(F)cc3s2)cc1. The largest absolute Gasteiger partial charge is 0.497 e. The highest BCUT2D eigenvalue weighted by atomic mass is 32.1. The number of carbonyl (C=O) groups is 1. The smallest absolute Gasteiger partial charge is 0.202 e. The Labute approximate surface area is 119 Å². The van der Waals surface area contributed by atoms with Crippen molar-refractivity contribution in [1.82, 2.24) is 0 Å². The van der Waals surface area contributed by atoms with Gasteiger partial charge in [-0.2, -0.15) is 0 Å². The van der Waals surface area contributed by atoms with Crippen molar-refractivity contribution in [2.24, 2.45) is 0 Å². The van der Waals surface area contributed by atoms with Crippen molar-refractivity contribution in [3.05, 3.63) is 64.8 Å². The Morgan fingerprint density at radius 3 is 2.55 bits per heavy atom. The number of halogens is 1. The summed E-state index contributed by atoms with van der Waals surface area (Å²) in [6.45, 7) is 0. The van der Waals surface area contributed by atoms with E-state index in [9.17, 15) is 9.18 Å². The van der Waals surface area contributed by atoms with Gasteiger partial charge in [-0.05, 0) is 47.9 Å². The number of hydrogen-bond donors (Lipinski definition) is 0. The van der Waals surface area contributed by atoms with Gasteiger partial charge in [-0.25, -0.2) is 4.39 Å². The second-order valence-corrected chi connectivity index (χ2v) is 5.43. The molecule has 0 aliphatic rings. The highest BCUT2D eigenvalue weighted by Crippen LogP contribution is 2.28. The van der Waals surface area contributed by atoms with Gasteiger partial charge in [0.2, 0.25) is 5.78 Å². The number of fused-ring (bicyclic) bond motifs is 1. The normalized spacial score (nSPS) is 10.7. The monoisotopic (exact) mass is 286 g/mol. The summed E-state index contributed by atoms with van der Waals surface area (Å²) in [6.07, 6.45) is 0. The molecule has 0 amide bonds. The first-order valence-corrected chi connectivity index (χ1v) is 6.87. The number of carbonyl (C=O) groups excluding carboxylic acids is 1. The number of thiophene rings is 1. The zero-order chi connectivity index (χ0) is 14.1. The van der Waals surface area contributed by atoms with Gasteiger partial charge in [-0.1, -0.05) is 6.07 Å². The molecule has 4 heteroatoms. The van der Waals surface area contributed by atoms with Crippen molar-refractivity contribution in [2.75, 3.05) is 7.11 Å². The van der Waals surface area contributed by atoms with Crippen LogP contribution in [0, 0.1) is 5.82 Å². The summed E-state index contributed by atoms with van der Waals surface area (Å²) in [4.78, 5) is 13.0. The van der Waals surface area contributed by atoms with E-state index in [0.29, 0.717) is 16.2 Å². The molecule has 0 unspecified atom stereocenters. The summed E-state index contributed by atoms with van der Waals surface area (Å²) >= 11 is 1.30. The molecule has 0 aliphatic carbocycles. The molecule has 0 atom stereocenters. The van der Waals surface area contributed by atoms with Crippen molar-refractivity contribution in [1.29, 1.82) is 0 Å². The Hall–Kier alpha value is -2.20. The minimum atomic E-state index is -0.289. The summed E-state index contributed by atoms with van der Waals surface area (Å²) in [6, 6.07) is 13.3. The van der Waals surface area contributed by atoms with E-state index in [4.69, 9.17) is 4.74 Å². The van der Waals surface area contributed by atoms with Gasteiger partial charge in [-0.15, -0.1) is 11.3 Å². The summed E-state index contributed by atoms with van der Waals surface area (Å²) in [7, 11) is 1.58. The highest BCUT2D eigenvalue weighted by molar-refractivity contribution is 7.21. The second-order valence-electron chi connectivity index (χ2n) is 4.35. The van der Waals surface area contributed by atoms with Gasteiger partial charge in [0, 0.05) is 10.3 Å². The minimum Gasteiger partial charge on any atom is -0.497 e. The molecule has 2 aromatic carbocycles. The Morgan fingerprint density at radius 1 is 1.10 bits per heavy atom. The Bertz CT molecular complexity index is 775. The van der Waals surface area contributed by atoms with Crippen LogP contribution in [0.15, 0.2) is 48.5 Å². The molecule has 0 fully saturated rings. The van der Waals surface area contributed by atoms with Gasteiger partial charge in [-0.3, -0.25) is 4.79 Å². The molecule has 0 radical (unpaired) electrons. The standard InChI is InChI=1S/C16H11FO2S/c1-19-13-6-3-10(4-7-13)16(18)15-8-11-2-5-12(17)9-14(11)20-15/h2-9H,1H3. The number of rotatable bonds is 3. The number of benzene rings is 2. The summed E-state index contributed by atoms with van der Waals surface area (Å²) in [5.41, 5.74) is 0.595. The maximum atomic E-state index is 13.2. The van der Waals surface area contributed by atoms with Crippen molar-refractivity contribution in [3.63, 3.8) is 0 Å². The quantitative estimate of drug-likeness (QED) is 0.672. The fourth-order valence-electron chi connectivity index (χ4n) is 2.00. The summed E-state index contributed by atoms with van der Waals surface area (Å²) in [5.74, 6) is 0.358. The summed E-state index contributed by atoms with van der Waals surface area (Å²) < 4.78 is 19.0. The highest BCUT2D eigenvalue weighted by Gasteiger charge is 2.13. The molecule has 2 nitrogen and oxygen atoms in total. The number of methoxy groups -OCH3 is 1. The number of hydrogen-bond acceptors (Lipinski definition) is 3. The van der Waals surface area contributed by atoms with Crippen LogP contribution in [0.3, 0.4) is 0 Å². The molecule has 0 aliphatic heterocycles. The second kappa shape index (κ2) is 5.06.